The maximum atomic E-state index is 10.7. The molecule has 0 fully saturated rings. The molecule has 0 bridgehead atoms. The van der Waals surface area contributed by atoms with Crippen molar-refractivity contribution in [1.29, 1.82) is 0 Å². The molecular weight excluding hydrogens is 172 g/mol. The number of thioether (sulfide) groups is 1. The Kier molecular flexibility index (Phi) is 3.17. The number of carbonyl (C=O) groups excluding carboxylic acids is 1. The van der Waals surface area contributed by atoms with Gasteiger partial charge in [0.15, 0.2) is 5.12 Å². The molecule has 0 atom stereocenters. The average Bonchev–Trinajstić information content (AvgIpc) is 2.05. The summed E-state index contributed by atoms with van der Waals surface area (Å²) < 4.78 is 4.98. The number of benzene rings is 1. The number of hydrogen-bond donors (Lipinski definition) is 0. The summed E-state index contributed by atoms with van der Waals surface area (Å²) in [5.74, 6) is 0.808. The van der Waals surface area contributed by atoms with E-state index >= 15 is 0 Å². The van der Waals surface area contributed by atoms with E-state index in [2.05, 4.69) is 0 Å². The molecule has 0 saturated heterocycles. The summed E-state index contributed by atoms with van der Waals surface area (Å²) in [5, 5.41) is 0.0974. The van der Waals surface area contributed by atoms with Gasteiger partial charge >= 0.3 is 0 Å². The second-order valence-electron chi connectivity index (χ2n) is 2.27. The summed E-state index contributed by atoms with van der Waals surface area (Å²) in [7, 11) is 1.62. The molecule has 0 N–H and O–H groups in total. The van der Waals surface area contributed by atoms with Gasteiger partial charge in [-0.15, -0.1) is 0 Å². The molecule has 1 aromatic carbocycles. The Morgan fingerprint density at radius 3 is 2.33 bits per heavy atom. The zero-order valence-corrected chi connectivity index (χ0v) is 7.85. The standard InChI is InChI=1S/C9H10O2S/c1-7(10)12-9-5-3-8(11-2)4-6-9/h3-6H,1-2H3. The Balaban J connectivity index is 2.71. The van der Waals surface area contributed by atoms with Crippen LogP contribution in [0.15, 0.2) is 29.2 Å². The minimum Gasteiger partial charge on any atom is -0.497 e. The van der Waals surface area contributed by atoms with Crippen molar-refractivity contribution >= 4 is 16.9 Å². The second kappa shape index (κ2) is 4.16. The van der Waals surface area contributed by atoms with E-state index < -0.39 is 0 Å². The molecule has 3 heteroatoms. The van der Waals surface area contributed by atoms with Gasteiger partial charge in [-0.2, -0.15) is 0 Å². The molecular formula is C9H10O2S. The van der Waals surface area contributed by atoms with Crippen LogP contribution in [0.5, 0.6) is 5.75 Å². The van der Waals surface area contributed by atoms with E-state index in [1.807, 2.05) is 24.3 Å². The normalized spacial score (nSPS) is 9.50. The van der Waals surface area contributed by atoms with Gasteiger partial charge < -0.3 is 4.74 Å². The summed E-state index contributed by atoms with van der Waals surface area (Å²) in [5.41, 5.74) is 0. The van der Waals surface area contributed by atoms with Gasteiger partial charge in [-0.05, 0) is 24.3 Å². The smallest absolute Gasteiger partial charge is 0.190 e. The molecule has 0 heterocycles. The van der Waals surface area contributed by atoms with Crippen LogP contribution in [0.3, 0.4) is 0 Å². The molecule has 0 aliphatic rings. The van der Waals surface area contributed by atoms with E-state index in [0.29, 0.717) is 0 Å². The van der Waals surface area contributed by atoms with Gasteiger partial charge in [0.05, 0.1) is 7.11 Å². The van der Waals surface area contributed by atoms with Gasteiger partial charge in [-0.1, -0.05) is 11.8 Å². The first-order valence-corrected chi connectivity index (χ1v) is 4.36. The highest BCUT2D eigenvalue weighted by molar-refractivity contribution is 8.13. The van der Waals surface area contributed by atoms with Crippen LogP contribution in [0.1, 0.15) is 6.92 Å². The van der Waals surface area contributed by atoms with Crippen LogP contribution in [-0.4, -0.2) is 12.2 Å². The molecule has 1 rings (SSSR count). The van der Waals surface area contributed by atoms with E-state index in [4.69, 9.17) is 4.74 Å². The lowest BCUT2D eigenvalue weighted by molar-refractivity contribution is -0.109. The molecule has 0 amide bonds. The third kappa shape index (κ3) is 2.58. The lowest BCUT2D eigenvalue weighted by Crippen LogP contribution is -1.83. The van der Waals surface area contributed by atoms with Gasteiger partial charge in [0.2, 0.25) is 0 Å². The number of carbonyl (C=O) groups is 1. The zero-order valence-electron chi connectivity index (χ0n) is 7.03. The third-order valence-corrected chi connectivity index (χ3v) is 2.12. The van der Waals surface area contributed by atoms with Gasteiger partial charge in [-0.3, -0.25) is 4.79 Å². The van der Waals surface area contributed by atoms with Crippen molar-refractivity contribution in [3.8, 4) is 5.75 Å². The topological polar surface area (TPSA) is 26.3 Å². The monoisotopic (exact) mass is 182 g/mol. The van der Waals surface area contributed by atoms with Gasteiger partial charge in [-0.25, -0.2) is 0 Å². The number of methoxy groups -OCH3 is 1. The Bertz CT molecular complexity index is 266. The van der Waals surface area contributed by atoms with Crippen molar-refractivity contribution in [1.82, 2.24) is 0 Å². The van der Waals surface area contributed by atoms with Crippen LogP contribution >= 0.6 is 11.8 Å². The molecule has 1 aromatic rings. The lowest BCUT2D eigenvalue weighted by atomic mass is 10.3. The van der Waals surface area contributed by atoms with Gasteiger partial charge in [0, 0.05) is 11.8 Å². The molecule has 0 unspecified atom stereocenters. The molecule has 0 aliphatic heterocycles. The number of rotatable bonds is 2. The second-order valence-corrected chi connectivity index (χ2v) is 3.52. The largest absolute Gasteiger partial charge is 0.497 e. The maximum Gasteiger partial charge on any atom is 0.190 e. The SMILES string of the molecule is COc1ccc(SC(C)=O)cc1. The fourth-order valence-electron chi connectivity index (χ4n) is 0.810. The van der Waals surface area contributed by atoms with E-state index in [1.165, 1.54) is 11.8 Å². The molecule has 0 saturated carbocycles. The molecule has 0 spiro atoms. The van der Waals surface area contributed by atoms with Crippen LogP contribution in [0, 0.1) is 0 Å². The fourth-order valence-corrected chi connectivity index (χ4v) is 1.41. The Labute approximate surface area is 75.9 Å². The summed E-state index contributed by atoms with van der Waals surface area (Å²) in [6.45, 7) is 1.55. The first-order chi connectivity index (χ1) is 5.72. The van der Waals surface area contributed by atoms with Crippen LogP contribution in [-0.2, 0) is 4.79 Å². The van der Waals surface area contributed by atoms with Crippen LogP contribution in [0.25, 0.3) is 0 Å². The van der Waals surface area contributed by atoms with Crippen molar-refractivity contribution in [2.45, 2.75) is 11.8 Å². The summed E-state index contributed by atoms with van der Waals surface area (Å²) in [6, 6.07) is 7.41. The highest BCUT2D eigenvalue weighted by Gasteiger charge is 1.97. The van der Waals surface area contributed by atoms with Crippen molar-refractivity contribution in [3.63, 3.8) is 0 Å². The quantitative estimate of drug-likeness (QED) is 0.657. The van der Waals surface area contributed by atoms with Crippen molar-refractivity contribution in [2.75, 3.05) is 7.11 Å². The predicted molar refractivity (Wildman–Crippen MR) is 49.5 cm³/mol. The number of hydrogen-bond acceptors (Lipinski definition) is 3. The molecule has 2 nitrogen and oxygen atoms in total. The maximum absolute atomic E-state index is 10.7. The van der Waals surface area contributed by atoms with Crippen LogP contribution < -0.4 is 4.74 Å². The first-order valence-electron chi connectivity index (χ1n) is 3.55. The fraction of sp³-hybridized carbons (Fsp3) is 0.222. The Morgan fingerprint density at radius 2 is 1.92 bits per heavy atom. The van der Waals surface area contributed by atoms with Crippen molar-refractivity contribution in [3.05, 3.63) is 24.3 Å². The minimum absolute atomic E-state index is 0.0974. The average molecular weight is 182 g/mol. The summed E-state index contributed by atoms with van der Waals surface area (Å²) >= 11 is 1.22. The molecule has 0 radical (unpaired) electrons. The van der Waals surface area contributed by atoms with Crippen LogP contribution in [0.4, 0.5) is 0 Å². The molecule has 0 aliphatic carbocycles. The van der Waals surface area contributed by atoms with Gasteiger partial charge in [0.1, 0.15) is 5.75 Å². The van der Waals surface area contributed by atoms with Crippen molar-refractivity contribution in [2.24, 2.45) is 0 Å². The predicted octanol–water partition coefficient (Wildman–Crippen LogP) is 2.33. The summed E-state index contributed by atoms with van der Waals surface area (Å²) in [4.78, 5) is 11.6. The van der Waals surface area contributed by atoms with E-state index in [9.17, 15) is 4.79 Å². The Morgan fingerprint density at radius 1 is 1.33 bits per heavy atom. The number of ether oxygens (including phenoxy) is 1. The van der Waals surface area contributed by atoms with E-state index in [-0.39, 0.29) is 5.12 Å². The third-order valence-electron chi connectivity index (χ3n) is 1.32. The highest BCUT2D eigenvalue weighted by atomic mass is 32.2. The molecule has 12 heavy (non-hydrogen) atoms. The first kappa shape index (κ1) is 9.13. The molecule has 0 aromatic heterocycles. The van der Waals surface area contributed by atoms with Crippen LogP contribution in [0.2, 0.25) is 0 Å². The highest BCUT2D eigenvalue weighted by Crippen LogP contribution is 2.21. The summed E-state index contributed by atoms with van der Waals surface area (Å²) in [6.07, 6.45) is 0. The van der Waals surface area contributed by atoms with E-state index in [1.54, 1.807) is 14.0 Å². The lowest BCUT2D eigenvalue weighted by Gasteiger charge is -1.99. The van der Waals surface area contributed by atoms with Crippen molar-refractivity contribution < 1.29 is 9.53 Å². The van der Waals surface area contributed by atoms with Gasteiger partial charge in [0.25, 0.3) is 0 Å². The Hall–Kier alpha value is -0.960. The minimum atomic E-state index is 0.0974. The molecule has 64 valence electrons. The van der Waals surface area contributed by atoms with E-state index in [0.717, 1.165) is 10.6 Å². The zero-order chi connectivity index (χ0) is 8.97.